The monoisotopic (exact) mass is 492 g/mol. The zero-order valence-corrected chi connectivity index (χ0v) is 24.2. The molecule has 4 heteroatoms. The predicted octanol–water partition coefficient (Wildman–Crippen LogP) is 8.06. The molecule has 0 unspecified atom stereocenters. The molecule has 0 saturated heterocycles. The van der Waals surface area contributed by atoms with Gasteiger partial charge in [0.1, 0.15) is 11.5 Å². The Labute approximate surface area is 219 Å². The molecule has 2 rings (SSSR count). The fraction of sp³-hybridized carbons (Fsp3) is 0.562. The van der Waals surface area contributed by atoms with Gasteiger partial charge in [-0.05, 0) is 69.9 Å². The van der Waals surface area contributed by atoms with Crippen LogP contribution in [0.1, 0.15) is 104 Å². The van der Waals surface area contributed by atoms with Gasteiger partial charge in [-0.25, -0.2) is 0 Å². The van der Waals surface area contributed by atoms with E-state index >= 15 is 0 Å². The van der Waals surface area contributed by atoms with Crippen molar-refractivity contribution in [1.29, 1.82) is 0 Å². The van der Waals surface area contributed by atoms with Crippen molar-refractivity contribution in [3.63, 3.8) is 0 Å². The van der Waals surface area contributed by atoms with Crippen LogP contribution in [-0.4, -0.2) is 35.7 Å². The van der Waals surface area contributed by atoms with Crippen LogP contribution in [0.4, 0.5) is 0 Å². The lowest BCUT2D eigenvalue weighted by Crippen LogP contribution is -2.25. The van der Waals surface area contributed by atoms with Crippen molar-refractivity contribution in [3.8, 4) is 11.5 Å². The molecule has 4 nitrogen and oxygen atoms in total. The van der Waals surface area contributed by atoms with Gasteiger partial charge in [-0.3, -0.25) is 9.98 Å². The van der Waals surface area contributed by atoms with E-state index in [1.807, 2.05) is 24.3 Å². The minimum Gasteiger partial charge on any atom is -0.507 e. The van der Waals surface area contributed by atoms with Gasteiger partial charge in [0.15, 0.2) is 0 Å². The Hall–Kier alpha value is -2.62. The van der Waals surface area contributed by atoms with Crippen molar-refractivity contribution < 1.29 is 10.2 Å². The molecular weight excluding hydrogens is 444 g/mol. The summed E-state index contributed by atoms with van der Waals surface area (Å²) in [5, 5.41) is 20.7. The number of hydrogen-bond acceptors (Lipinski definition) is 4. The summed E-state index contributed by atoms with van der Waals surface area (Å²) in [5.74, 6) is 0.467. The molecule has 2 aromatic rings. The smallest absolute Gasteiger partial charge is 0.124 e. The van der Waals surface area contributed by atoms with Crippen LogP contribution in [0.15, 0.2) is 46.4 Å². The molecule has 0 saturated carbocycles. The number of benzene rings is 2. The maximum Gasteiger partial charge on any atom is 0.124 e. The molecule has 198 valence electrons. The number of phenolic OH excluding ortho intramolecular Hbond substituents is 2. The third-order valence-electron chi connectivity index (χ3n) is 6.38. The van der Waals surface area contributed by atoms with E-state index < -0.39 is 0 Å². The fourth-order valence-electron chi connectivity index (χ4n) is 5.45. The summed E-state index contributed by atoms with van der Waals surface area (Å²) in [4.78, 5) is 8.98. The zero-order valence-electron chi connectivity index (χ0n) is 24.2. The quantitative estimate of drug-likeness (QED) is 0.274. The Balaban J connectivity index is 2.06. The fourth-order valence-corrected chi connectivity index (χ4v) is 5.45. The molecule has 0 aliphatic carbocycles. The molecule has 0 aliphatic rings. The van der Waals surface area contributed by atoms with Crippen LogP contribution < -0.4 is 0 Å². The first-order valence-corrected chi connectivity index (χ1v) is 13.1. The van der Waals surface area contributed by atoms with Crippen LogP contribution in [0.25, 0.3) is 0 Å². The highest BCUT2D eigenvalue weighted by Gasteiger charge is 2.28. The van der Waals surface area contributed by atoms with Crippen LogP contribution in [0.2, 0.25) is 0 Å². The Morgan fingerprint density at radius 3 is 1.22 bits per heavy atom. The molecular formula is C32H48N2O2. The molecule has 0 atom stereocenters. The maximum absolute atomic E-state index is 10.3. The number of phenols is 2. The highest BCUT2D eigenvalue weighted by molar-refractivity contribution is 5.84. The predicted molar refractivity (Wildman–Crippen MR) is 155 cm³/mol. The molecule has 0 fully saturated rings. The van der Waals surface area contributed by atoms with E-state index in [1.54, 1.807) is 24.6 Å². The Morgan fingerprint density at radius 2 is 0.917 bits per heavy atom. The first kappa shape index (κ1) is 29.6. The van der Waals surface area contributed by atoms with Gasteiger partial charge in [0.2, 0.25) is 0 Å². The third kappa shape index (κ3) is 9.11. The molecule has 0 radical (unpaired) electrons. The average molecular weight is 493 g/mol. The Bertz CT molecular complexity index is 993. The lowest BCUT2D eigenvalue weighted by molar-refractivity contribution is 0.283. The van der Waals surface area contributed by atoms with Crippen molar-refractivity contribution in [3.05, 3.63) is 58.7 Å². The van der Waals surface area contributed by atoms with Gasteiger partial charge in [0.05, 0.1) is 13.1 Å². The van der Waals surface area contributed by atoms with Crippen molar-refractivity contribution in [2.24, 2.45) is 20.8 Å². The van der Waals surface area contributed by atoms with Gasteiger partial charge in [0, 0.05) is 23.6 Å². The lowest BCUT2D eigenvalue weighted by atomic mass is 9.72. The lowest BCUT2D eigenvalue weighted by Gasteiger charge is -2.33. The van der Waals surface area contributed by atoms with Gasteiger partial charge < -0.3 is 10.2 Å². The summed E-state index contributed by atoms with van der Waals surface area (Å²) in [7, 11) is 0. The summed E-state index contributed by atoms with van der Waals surface area (Å²) in [5.41, 5.74) is 4.26. The number of hydrogen-bond donors (Lipinski definition) is 2. The second-order valence-corrected chi connectivity index (χ2v) is 13.9. The topological polar surface area (TPSA) is 65.2 Å². The molecule has 0 aromatic heterocycles. The van der Waals surface area contributed by atoms with Gasteiger partial charge in [0.25, 0.3) is 0 Å². The Morgan fingerprint density at radius 1 is 0.583 bits per heavy atom. The first-order valence-electron chi connectivity index (χ1n) is 13.1. The molecule has 0 amide bonds. The number of aromatic hydroxyl groups is 2. The molecule has 2 N–H and O–H groups in total. The average Bonchev–Trinajstić information content (AvgIpc) is 2.69. The van der Waals surface area contributed by atoms with Crippen molar-refractivity contribution in [2.75, 3.05) is 13.1 Å². The maximum atomic E-state index is 10.3. The van der Waals surface area contributed by atoms with Crippen molar-refractivity contribution >= 4 is 12.4 Å². The normalized spacial score (nSPS) is 13.7. The van der Waals surface area contributed by atoms with Crippen LogP contribution in [0.3, 0.4) is 0 Å². The Kier molecular flexibility index (Phi) is 9.20. The van der Waals surface area contributed by atoms with Crippen LogP contribution in [0, 0.1) is 10.8 Å². The van der Waals surface area contributed by atoms with Crippen LogP contribution in [0.5, 0.6) is 11.5 Å². The van der Waals surface area contributed by atoms with E-state index in [0.29, 0.717) is 13.1 Å². The largest absolute Gasteiger partial charge is 0.507 e. The van der Waals surface area contributed by atoms with Crippen LogP contribution >= 0.6 is 0 Å². The summed E-state index contributed by atoms with van der Waals surface area (Å²) in [6.07, 6.45) is 5.54. The summed E-state index contributed by atoms with van der Waals surface area (Å²) in [6.45, 7) is 23.5. The highest BCUT2D eigenvalue weighted by atomic mass is 16.3. The van der Waals surface area contributed by atoms with Crippen molar-refractivity contribution in [2.45, 2.75) is 92.9 Å². The summed E-state index contributed by atoms with van der Waals surface area (Å²) >= 11 is 0. The minimum absolute atomic E-state index is 0.00316. The standard InChI is InChI=1S/C32H48N2O2/c1-29(2,3)21-31(7,8)25-11-13-27(35)23(17-25)19-33-15-16-34-20-24-18-26(12-14-28(24)36)32(9,10)22-30(4,5)6/h11-14,17-20,35-36H,15-16,21-22H2,1-10H3. The van der Waals surface area contributed by atoms with Gasteiger partial charge in [-0.2, -0.15) is 0 Å². The minimum atomic E-state index is -0.00316. The SMILES string of the molecule is CC(C)(C)CC(C)(C)c1ccc(O)c(C=NCCN=Cc2cc(C(C)(C)CC(C)(C)C)ccc2O)c1. The first-order chi connectivity index (χ1) is 16.4. The van der Waals surface area contributed by atoms with E-state index in [-0.39, 0.29) is 33.2 Å². The van der Waals surface area contributed by atoms with Gasteiger partial charge in [-0.15, -0.1) is 0 Å². The molecule has 0 aliphatic heterocycles. The summed E-state index contributed by atoms with van der Waals surface area (Å²) < 4.78 is 0. The molecule has 0 spiro atoms. The zero-order chi connectivity index (χ0) is 27.4. The van der Waals surface area contributed by atoms with E-state index in [1.165, 1.54) is 11.1 Å². The van der Waals surface area contributed by atoms with Gasteiger partial charge in [-0.1, -0.05) is 81.4 Å². The van der Waals surface area contributed by atoms with Gasteiger partial charge >= 0.3 is 0 Å². The highest BCUT2D eigenvalue weighted by Crippen LogP contribution is 2.38. The van der Waals surface area contributed by atoms with E-state index in [4.69, 9.17) is 0 Å². The number of rotatable bonds is 9. The van der Waals surface area contributed by atoms with Crippen LogP contribution in [-0.2, 0) is 10.8 Å². The van der Waals surface area contributed by atoms with Crippen molar-refractivity contribution in [1.82, 2.24) is 0 Å². The third-order valence-corrected chi connectivity index (χ3v) is 6.38. The second kappa shape index (κ2) is 11.2. The molecule has 0 bridgehead atoms. The number of nitrogens with zero attached hydrogens (tertiary/aromatic N) is 2. The van der Waals surface area contributed by atoms with E-state index in [9.17, 15) is 10.2 Å². The second-order valence-electron chi connectivity index (χ2n) is 13.9. The van der Waals surface area contributed by atoms with E-state index in [2.05, 4.69) is 79.2 Å². The van der Waals surface area contributed by atoms with E-state index in [0.717, 1.165) is 24.0 Å². The molecule has 0 heterocycles. The number of aliphatic imine (C=N–C) groups is 2. The molecule has 36 heavy (non-hydrogen) atoms. The molecule has 2 aromatic carbocycles. The summed E-state index contributed by atoms with van der Waals surface area (Å²) in [6, 6.07) is 11.6.